The van der Waals surface area contributed by atoms with Crippen LogP contribution < -0.4 is 0 Å². The van der Waals surface area contributed by atoms with Gasteiger partial charge in [-0.05, 0) is 43.4 Å². The summed E-state index contributed by atoms with van der Waals surface area (Å²) in [6.07, 6.45) is -0.528. The Hall–Kier alpha value is -1.44. The maximum absolute atomic E-state index is 8.33. The van der Waals surface area contributed by atoms with Gasteiger partial charge in [-0.2, -0.15) is 0 Å². The number of ether oxygens (including phenoxy) is 2. The number of hydrogen-bond acceptors (Lipinski definition) is 3. The number of hydrogen-bond donors (Lipinski definition) is 1. The Bertz CT molecular complexity index is 321. The molecule has 1 N–H and O–H groups in total. The lowest BCUT2D eigenvalue weighted by atomic mass is 10.5. The average molecular weight is 206 g/mol. The summed E-state index contributed by atoms with van der Waals surface area (Å²) < 4.78 is 10.3. The van der Waals surface area contributed by atoms with Gasteiger partial charge in [0.25, 0.3) is 0 Å². The predicted molar refractivity (Wildman–Crippen MR) is 57.5 cm³/mol. The fourth-order valence-electron chi connectivity index (χ4n) is 0.675. The van der Waals surface area contributed by atoms with Gasteiger partial charge < -0.3 is 14.6 Å². The smallest absolute Gasteiger partial charge is 0.223 e. The van der Waals surface area contributed by atoms with E-state index < -0.39 is 6.29 Å². The summed E-state index contributed by atoms with van der Waals surface area (Å²) >= 11 is 0. The van der Waals surface area contributed by atoms with Crippen LogP contribution in [0.5, 0.6) is 0 Å². The van der Waals surface area contributed by atoms with Crippen LogP contribution in [-0.4, -0.2) is 31.2 Å². The van der Waals surface area contributed by atoms with Crippen LogP contribution in [-0.2, 0) is 9.47 Å². The number of rotatable bonds is 4. The molecule has 0 heterocycles. The third-order valence-electron chi connectivity index (χ3n) is 1.18. The fraction of sp³-hybridized carbons (Fsp3) is 0.500. The van der Waals surface area contributed by atoms with E-state index in [0.717, 1.165) is 0 Å². The van der Waals surface area contributed by atoms with Crippen LogP contribution in [0.3, 0.4) is 0 Å². The molecule has 0 aromatic carbocycles. The molecule has 15 heavy (non-hydrogen) atoms. The molecule has 0 spiro atoms. The van der Waals surface area contributed by atoms with Gasteiger partial charge in [0, 0.05) is 13.2 Å². The molecule has 0 aliphatic heterocycles. The molecule has 0 radical (unpaired) electrons. The summed E-state index contributed by atoms with van der Waals surface area (Å²) in [5, 5.41) is 8.33. The van der Waals surface area contributed by atoms with Gasteiger partial charge in [-0.15, -0.1) is 0 Å². The minimum Gasteiger partial charge on any atom is -0.384 e. The molecule has 80 valence electrons. The Balaban J connectivity index is 4.12. The van der Waals surface area contributed by atoms with Crippen molar-refractivity contribution in [3.63, 3.8) is 0 Å². The highest BCUT2D eigenvalue weighted by Gasteiger charge is 2.00. The zero-order valence-corrected chi connectivity index (χ0v) is 8.96. The molecular formula is C12H14O3. The molecule has 0 amide bonds. The summed E-state index contributed by atoms with van der Waals surface area (Å²) in [6, 6.07) is 0. The van der Waals surface area contributed by atoms with Crippen molar-refractivity contribution in [1.82, 2.24) is 0 Å². The van der Waals surface area contributed by atoms with Crippen molar-refractivity contribution in [3.8, 4) is 35.5 Å². The zero-order valence-electron chi connectivity index (χ0n) is 8.96. The normalized spacial score (nSPS) is 8.00. The van der Waals surface area contributed by atoms with Crippen molar-refractivity contribution < 1.29 is 14.6 Å². The van der Waals surface area contributed by atoms with Crippen LogP contribution >= 0.6 is 0 Å². The summed E-state index contributed by atoms with van der Waals surface area (Å²) in [6.45, 7) is 4.62. The number of aliphatic hydroxyl groups excluding tert-OH is 1. The highest BCUT2D eigenvalue weighted by molar-refractivity contribution is 5.35. The summed E-state index contributed by atoms with van der Waals surface area (Å²) in [5.41, 5.74) is 0. The van der Waals surface area contributed by atoms with Crippen LogP contribution in [0.1, 0.15) is 13.8 Å². The van der Waals surface area contributed by atoms with Crippen molar-refractivity contribution in [1.29, 1.82) is 0 Å². The second-order valence-corrected chi connectivity index (χ2v) is 2.22. The van der Waals surface area contributed by atoms with Gasteiger partial charge in [0.2, 0.25) is 6.29 Å². The Morgan fingerprint density at radius 3 is 2.13 bits per heavy atom. The predicted octanol–water partition coefficient (Wildman–Crippen LogP) is 0.388. The lowest BCUT2D eigenvalue weighted by molar-refractivity contribution is -0.0969. The van der Waals surface area contributed by atoms with E-state index in [2.05, 4.69) is 35.5 Å². The first-order chi connectivity index (χ1) is 7.35. The van der Waals surface area contributed by atoms with E-state index in [4.69, 9.17) is 14.6 Å². The average Bonchev–Trinajstić information content (AvgIpc) is 2.24. The quantitative estimate of drug-likeness (QED) is 0.534. The van der Waals surface area contributed by atoms with Crippen molar-refractivity contribution in [2.24, 2.45) is 0 Å². The van der Waals surface area contributed by atoms with Gasteiger partial charge in [-0.3, -0.25) is 0 Å². The van der Waals surface area contributed by atoms with Gasteiger partial charge in [0.05, 0.1) is 0 Å². The van der Waals surface area contributed by atoms with Crippen LogP contribution in [0.25, 0.3) is 0 Å². The van der Waals surface area contributed by atoms with E-state index in [-0.39, 0.29) is 6.61 Å². The van der Waals surface area contributed by atoms with E-state index in [9.17, 15) is 0 Å². The second kappa shape index (κ2) is 10.6. The molecular weight excluding hydrogens is 192 g/mol. The first-order valence-electron chi connectivity index (χ1n) is 4.67. The van der Waals surface area contributed by atoms with Crippen LogP contribution in [0, 0.1) is 35.5 Å². The first kappa shape index (κ1) is 13.6. The topological polar surface area (TPSA) is 38.7 Å². The summed E-state index contributed by atoms with van der Waals surface area (Å²) in [7, 11) is 0. The zero-order chi connectivity index (χ0) is 11.4. The minimum absolute atomic E-state index is 0.192. The molecule has 0 aromatic heterocycles. The van der Waals surface area contributed by atoms with E-state index in [0.29, 0.717) is 13.2 Å². The molecule has 0 aliphatic rings. The van der Waals surface area contributed by atoms with E-state index >= 15 is 0 Å². The van der Waals surface area contributed by atoms with Crippen molar-refractivity contribution in [3.05, 3.63) is 0 Å². The Morgan fingerprint density at radius 2 is 1.60 bits per heavy atom. The molecule has 0 bridgehead atoms. The van der Waals surface area contributed by atoms with E-state index in [1.807, 2.05) is 13.8 Å². The lowest BCUT2D eigenvalue weighted by Gasteiger charge is -2.08. The second-order valence-electron chi connectivity index (χ2n) is 2.22. The van der Waals surface area contributed by atoms with Crippen LogP contribution in [0.4, 0.5) is 0 Å². The molecule has 0 unspecified atom stereocenters. The molecule has 0 rings (SSSR count). The fourth-order valence-corrected chi connectivity index (χ4v) is 0.675. The highest BCUT2D eigenvalue weighted by atomic mass is 16.7. The molecule has 0 saturated carbocycles. The van der Waals surface area contributed by atoms with Crippen molar-refractivity contribution in [2.75, 3.05) is 19.8 Å². The third-order valence-corrected chi connectivity index (χ3v) is 1.18. The Morgan fingerprint density at radius 1 is 1.00 bits per heavy atom. The van der Waals surface area contributed by atoms with Gasteiger partial charge in [0.1, 0.15) is 6.61 Å². The Labute approximate surface area is 90.8 Å². The molecule has 0 atom stereocenters. The van der Waals surface area contributed by atoms with Gasteiger partial charge in [0.15, 0.2) is 0 Å². The first-order valence-corrected chi connectivity index (χ1v) is 4.67. The summed E-state index contributed by atoms with van der Waals surface area (Å²) in [4.78, 5) is 0. The van der Waals surface area contributed by atoms with Crippen LogP contribution in [0.2, 0.25) is 0 Å². The van der Waals surface area contributed by atoms with E-state index in [1.54, 1.807) is 0 Å². The van der Waals surface area contributed by atoms with Crippen molar-refractivity contribution in [2.45, 2.75) is 20.1 Å². The van der Waals surface area contributed by atoms with Gasteiger partial charge >= 0.3 is 0 Å². The van der Waals surface area contributed by atoms with Gasteiger partial charge in [-0.1, -0.05) is 5.92 Å². The molecule has 0 aliphatic carbocycles. The molecule has 3 heteroatoms. The molecule has 0 aromatic rings. The monoisotopic (exact) mass is 206 g/mol. The standard InChI is InChI=1S/C12H14O3/c1-3-14-12(15-4-2)10-8-6-5-7-9-11-13/h12-13H,3-4,11H2,1-2H3. The molecule has 0 fully saturated rings. The molecule has 3 nitrogen and oxygen atoms in total. The van der Waals surface area contributed by atoms with Gasteiger partial charge in [-0.25, -0.2) is 0 Å². The summed E-state index contributed by atoms with van der Waals surface area (Å²) in [5.74, 6) is 15.1. The minimum atomic E-state index is -0.528. The third kappa shape index (κ3) is 8.88. The molecule has 0 saturated heterocycles. The Kier molecular flexibility index (Phi) is 9.62. The highest BCUT2D eigenvalue weighted by Crippen LogP contribution is 1.91. The SMILES string of the molecule is CCOC(C#CC#CC#CCO)OCC. The maximum atomic E-state index is 8.33. The van der Waals surface area contributed by atoms with Crippen molar-refractivity contribution >= 4 is 0 Å². The maximum Gasteiger partial charge on any atom is 0.223 e. The number of aliphatic hydroxyl groups is 1. The largest absolute Gasteiger partial charge is 0.384 e. The van der Waals surface area contributed by atoms with Crippen LogP contribution in [0.15, 0.2) is 0 Å². The lowest BCUT2D eigenvalue weighted by Crippen LogP contribution is -2.14. The van der Waals surface area contributed by atoms with E-state index in [1.165, 1.54) is 0 Å².